The highest BCUT2D eigenvalue weighted by Crippen LogP contribution is 2.30. The minimum atomic E-state index is -0.411. The van der Waals surface area contributed by atoms with Crippen molar-refractivity contribution in [2.24, 2.45) is 0 Å². The zero-order valence-electron chi connectivity index (χ0n) is 17.4. The third-order valence-corrected chi connectivity index (χ3v) is 5.54. The Morgan fingerprint density at radius 3 is 2.62 bits per heavy atom. The van der Waals surface area contributed by atoms with E-state index in [1.54, 1.807) is 30.3 Å². The maximum Gasteiger partial charge on any atom is 0.255 e. The number of ether oxygens (including phenoxy) is 1. The number of halogens is 1. The van der Waals surface area contributed by atoms with E-state index in [2.05, 4.69) is 27.6 Å². The van der Waals surface area contributed by atoms with Crippen LogP contribution in [0.15, 0.2) is 78.9 Å². The van der Waals surface area contributed by atoms with Gasteiger partial charge in [0.1, 0.15) is 11.6 Å². The van der Waals surface area contributed by atoms with Crippen molar-refractivity contribution in [3.8, 4) is 17.0 Å². The number of fused-ring (bicyclic) bond motifs is 2. The lowest BCUT2D eigenvalue weighted by atomic mass is 10.0. The predicted molar refractivity (Wildman–Crippen MR) is 123 cm³/mol. The fraction of sp³-hybridized carbons (Fsp3) is 0.0769. The van der Waals surface area contributed by atoms with Gasteiger partial charge < -0.3 is 10.1 Å². The van der Waals surface area contributed by atoms with Crippen molar-refractivity contribution < 1.29 is 13.9 Å². The van der Waals surface area contributed by atoms with Crippen molar-refractivity contribution in [1.82, 2.24) is 15.5 Å². The van der Waals surface area contributed by atoms with Crippen LogP contribution in [0.2, 0.25) is 0 Å². The number of aromatic nitrogens is 2. The lowest BCUT2D eigenvalue weighted by Crippen LogP contribution is -2.23. The molecule has 2 N–H and O–H groups in total. The lowest BCUT2D eigenvalue weighted by Gasteiger charge is -2.10. The molecule has 0 atom stereocenters. The zero-order valence-corrected chi connectivity index (χ0v) is 17.4. The van der Waals surface area contributed by atoms with Crippen LogP contribution in [-0.2, 0) is 6.54 Å². The smallest absolute Gasteiger partial charge is 0.255 e. The van der Waals surface area contributed by atoms with Gasteiger partial charge in [0.15, 0.2) is 0 Å². The summed E-state index contributed by atoms with van der Waals surface area (Å²) in [6.45, 7) is 0.0427. The van der Waals surface area contributed by atoms with E-state index in [0.29, 0.717) is 22.4 Å². The molecule has 6 heteroatoms. The molecule has 1 heterocycles. The van der Waals surface area contributed by atoms with Gasteiger partial charge in [0, 0.05) is 23.1 Å². The van der Waals surface area contributed by atoms with Crippen LogP contribution in [0.5, 0.6) is 5.75 Å². The minimum Gasteiger partial charge on any atom is -0.496 e. The Hall–Kier alpha value is -4.19. The third kappa shape index (κ3) is 3.56. The van der Waals surface area contributed by atoms with E-state index in [0.717, 1.165) is 27.4 Å². The van der Waals surface area contributed by atoms with E-state index < -0.39 is 5.82 Å². The van der Waals surface area contributed by atoms with Crippen LogP contribution >= 0.6 is 0 Å². The van der Waals surface area contributed by atoms with E-state index >= 15 is 0 Å². The third-order valence-electron chi connectivity index (χ3n) is 5.54. The highest BCUT2D eigenvalue weighted by molar-refractivity contribution is 5.98. The van der Waals surface area contributed by atoms with Gasteiger partial charge in [0.25, 0.3) is 5.91 Å². The van der Waals surface area contributed by atoms with Crippen LogP contribution in [-0.4, -0.2) is 23.2 Å². The highest BCUT2D eigenvalue weighted by Gasteiger charge is 2.15. The summed E-state index contributed by atoms with van der Waals surface area (Å²) in [5, 5.41) is 13.2. The van der Waals surface area contributed by atoms with Crippen molar-refractivity contribution in [3.05, 3.63) is 95.8 Å². The number of para-hydroxylation sites is 1. The molecule has 5 rings (SSSR count). The summed E-state index contributed by atoms with van der Waals surface area (Å²) in [7, 11) is 1.51. The molecular weight excluding hydrogens is 405 g/mol. The number of hydrogen-bond acceptors (Lipinski definition) is 3. The van der Waals surface area contributed by atoms with E-state index in [1.807, 2.05) is 30.3 Å². The first-order chi connectivity index (χ1) is 15.6. The Labute approximate surface area is 183 Å². The predicted octanol–water partition coefficient (Wildman–Crippen LogP) is 5.46. The number of carbonyl (C=O) groups is 1. The molecular formula is C26H20FN3O2. The summed E-state index contributed by atoms with van der Waals surface area (Å²) in [6.07, 6.45) is 0. The maximum atomic E-state index is 14.7. The van der Waals surface area contributed by atoms with E-state index in [4.69, 9.17) is 4.74 Å². The number of benzene rings is 4. The molecule has 1 aromatic heterocycles. The van der Waals surface area contributed by atoms with Crippen molar-refractivity contribution in [2.75, 3.05) is 7.11 Å². The van der Waals surface area contributed by atoms with Gasteiger partial charge in [0.2, 0.25) is 0 Å². The van der Waals surface area contributed by atoms with Gasteiger partial charge in [-0.05, 0) is 41.1 Å². The average Bonchev–Trinajstić information content (AvgIpc) is 3.24. The fourth-order valence-corrected chi connectivity index (χ4v) is 3.88. The quantitative estimate of drug-likeness (QED) is 0.393. The number of rotatable bonds is 5. The number of H-pyrrole nitrogens is 1. The summed E-state index contributed by atoms with van der Waals surface area (Å²) in [6, 6.07) is 24.3. The molecule has 0 aliphatic carbocycles. The normalized spacial score (nSPS) is 11.1. The van der Waals surface area contributed by atoms with Gasteiger partial charge >= 0.3 is 0 Å². The zero-order chi connectivity index (χ0) is 22.1. The van der Waals surface area contributed by atoms with Crippen molar-refractivity contribution in [1.29, 1.82) is 0 Å². The number of hydrogen-bond donors (Lipinski definition) is 2. The van der Waals surface area contributed by atoms with Gasteiger partial charge in [-0.3, -0.25) is 9.89 Å². The molecule has 5 nitrogen and oxygen atoms in total. The molecule has 4 aromatic carbocycles. The summed E-state index contributed by atoms with van der Waals surface area (Å²) in [5.41, 5.74) is 3.06. The molecule has 0 saturated heterocycles. The molecule has 0 aliphatic heterocycles. The number of nitrogens with zero attached hydrogens (tertiary/aromatic N) is 1. The van der Waals surface area contributed by atoms with Gasteiger partial charge in [-0.1, -0.05) is 48.5 Å². The maximum absolute atomic E-state index is 14.7. The molecule has 0 fully saturated rings. The second-order valence-corrected chi connectivity index (χ2v) is 7.51. The van der Waals surface area contributed by atoms with E-state index in [9.17, 15) is 9.18 Å². The van der Waals surface area contributed by atoms with E-state index in [-0.39, 0.29) is 12.5 Å². The molecule has 0 saturated carbocycles. The monoisotopic (exact) mass is 425 g/mol. The van der Waals surface area contributed by atoms with Crippen LogP contribution in [0, 0.1) is 5.82 Å². The Morgan fingerprint density at radius 1 is 1.00 bits per heavy atom. The molecule has 5 aromatic rings. The number of aromatic amines is 1. The summed E-state index contributed by atoms with van der Waals surface area (Å²) in [5.74, 6) is -0.273. The minimum absolute atomic E-state index is 0.0427. The SMILES string of the molecule is COc1ccccc1C(=O)NCc1cc2c(-c3ccc4ccccc4c3)n[nH]c2cc1F. The second-order valence-electron chi connectivity index (χ2n) is 7.51. The molecule has 32 heavy (non-hydrogen) atoms. The van der Waals surface area contributed by atoms with Crippen LogP contribution in [0.1, 0.15) is 15.9 Å². The molecule has 0 spiro atoms. The number of carbonyl (C=O) groups excluding carboxylic acids is 1. The van der Waals surface area contributed by atoms with Gasteiger partial charge in [-0.15, -0.1) is 0 Å². The Kier molecular flexibility index (Phi) is 5.03. The van der Waals surface area contributed by atoms with Crippen LogP contribution < -0.4 is 10.1 Å². The fourth-order valence-electron chi connectivity index (χ4n) is 3.88. The Bertz CT molecular complexity index is 1460. The summed E-state index contributed by atoms with van der Waals surface area (Å²) < 4.78 is 20.0. The second kappa shape index (κ2) is 8.15. The first-order valence-electron chi connectivity index (χ1n) is 10.2. The molecule has 158 valence electrons. The number of amides is 1. The molecule has 1 amide bonds. The van der Waals surface area contributed by atoms with E-state index in [1.165, 1.54) is 13.2 Å². The Morgan fingerprint density at radius 2 is 1.78 bits per heavy atom. The standard InChI is InChI=1S/C26H20FN3O2/c1-32-24-9-5-4-8-20(24)26(31)28-15-19-13-21-23(14-22(19)27)29-30-25(21)18-11-10-16-6-2-3-7-17(16)12-18/h2-14H,15H2,1H3,(H,28,31)(H,29,30). The Balaban J connectivity index is 1.46. The van der Waals surface area contributed by atoms with Crippen LogP contribution in [0.3, 0.4) is 0 Å². The van der Waals surface area contributed by atoms with Crippen molar-refractivity contribution in [3.63, 3.8) is 0 Å². The number of nitrogens with one attached hydrogen (secondary N) is 2. The molecule has 0 unspecified atom stereocenters. The molecule has 0 radical (unpaired) electrons. The highest BCUT2D eigenvalue weighted by atomic mass is 19.1. The van der Waals surface area contributed by atoms with Gasteiger partial charge in [0.05, 0.1) is 23.9 Å². The first kappa shape index (κ1) is 19.8. The first-order valence-corrected chi connectivity index (χ1v) is 10.2. The van der Waals surface area contributed by atoms with Gasteiger partial charge in [-0.25, -0.2) is 4.39 Å². The topological polar surface area (TPSA) is 67.0 Å². The average molecular weight is 425 g/mol. The summed E-state index contributed by atoms with van der Waals surface area (Å²) >= 11 is 0. The van der Waals surface area contributed by atoms with Crippen molar-refractivity contribution in [2.45, 2.75) is 6.54 Å². The van der Waals surface area contributed by atoms with Crippen LogP contribution in [0.4, 0.5) is 4.39 Å². The van der Waals surface area contributed by atoms with Gasteiger partial charge in [-0.2, -0.15) is 5.10 Å². The molecule has 0 bridgehead atoms. The van der Waals surface area contributed by atoms with Crippen molar-refractivity contribution >= 4 is 27.6 Å². The van der Waals surface area contributed by atoms with Crippen LogP contribution in [0.25, 0.3) is 32.9 Å². The molecule has 0 aliphatic rings. The number of methoxy groups -OCH3 is 1. The lowest BCUT2D eigenvalue weighted by molar-refractivity contribution is 0.0947. The summed E-state index contributed by atoms with van der Waals surface area (Å²) in [4.78, 5) is 12.6. The largest absolute Gasteiger partial charge is 0.496 e.